The van der Waals surface area contributed by atoms with Crippen LogP contribution in [0.4, 0.5) is 0 Å². The van der Waals surface area contributed by atoms with Crippen molar-refractivity contribution in [3.63, 3.8) is 0 Å². The van der Waals surface area contributed by atoms with Gasteiger partial charge in [0, 0.05) is 17.5 Å². The summed E-state index contributed by atoms with van der Waals surface area (Å²) >= 11 is 1.81. The van der Waals surface area contributed by atoms with Crippen molar-refractivity contribution in [2.24, 2.45) is 23.2 Å². The smallest absolute Gasteiger partial charge is 0.102 e. The van der Waals surface area contributed by atoms with Crippen LogP contribution in [0.1, 0.15) is 101 Å². The minimum absolute atomic E-state index is 0.161. The van der Waals surface area contributed by atoms with Crippen LogP contribution in [0, 0.1) is 23.2 Å². The van der Waals surface area contributed by atoms with Crippen molar-refractivity contribution in [2.75, 3.05) is 0 Å². The number of thiazole rings is 1. The van der Waals surface area contributed by atoms with E-state index >= 15 is 0 Å². The second-order valence-electron chi connectivity index (χ2n) is 13.2. The molecule has 0 bridgehead atoms. The molecule has 3 N–H and O–H groups in total. The minimum atomic E-state index is -0.637. The van der Waals surface area contributed by atoms with Gasteiger partial charge in [0.15, 0.2) is 0 Å². The van der Waals surface area contributed by atoms with E-state index in [1.165, 1.54) is 49.0 Å². The van der Waals surface area contributed by atoms with E-state index in [2.05, 4.69) is 51.7 Å². The molecule has 4 aliphatic carbocycles. The summed E-state index contributed by atoms with van der Waals surface area (Å²) in [7, 11) is 0. The number of hydrogen-bond donors (Lipinski definition) is 3. The molecule has 4 fully saturated rings. The highest BCUT2D eigenvalue weighted by atomic mass is 32.1. The fourth-order valence-electron chi connectivity index (χ4n) is 7.98. The minimum Gasteiger partial charge on any atom is -0.393 e. The second-order valence-corrected chi connectivity index (χ2v) is 14.4. The fourth-order valence-corrected chi connectivity index (χ4v) is 9.22. The fraction of sp³-hybridized carbons (Fsp3) is 0.676. The number of unbranched alkanes of at least 4 members (excludes halogenated alkanes) is 1. The molecule has 1 heterocycles. The maximum Gasteiger partial charge on any atom is 0.102 e. The molecule has 0 aromatic carbocycles. The Morgan fingerprint density at radius 1 is 1.18 bits per heavy atom. The van der Waals surface area contributed by atoms with E-state index in [0.717, 1.165) is 41.8 Å². The zero-order valence-electron chi connectivity index (χ0n) is 24.2. The Balaban J connectivity index is 1.26. The van der Waals surface area contributed by atoms with Crippen LogP contribution in [0.15, 0.2) is 53.8 Å². The first-order valence-corrected chi connectivity index (χ1v) is 16.3. The quantitative estimate of drug-likeness (QED) is 0.284. The summed E-state index contributed by atoms with van der Waals surface area (Å²) in [6, 6.07) is 0. The lowest BCUT2D eigenvalue weighted by Crippen LogP contribution is -2.35. The largest absolute Gasteiger partial charge is 0.393 e. The summed E-state index contributed by atoms with van der Waals surface area (Å²) < 4.78 is 0. The van der Waals surface area contributed by atoms with Crippen LogP contribution >= 0.6 is 11.3 Å². The molecule has 5 heteroatoms. The van der Waals surface area contributed by atoms with Gasteiger partial charge in [0.1, 0.15) is 5.01 Å². The molecule has 5 rings (SSSR count). The van der Waals surface area contributed by atoms with E-state index < -0.39 is 18.3 Å². The van der Waals surface area contributed by atoms with Crippen LogP contribution in [0.3, 0.4) is 0 Å². The molecule has 4 nitrogen and oxygen atoms in total. The van der Waals surface area contributed by atoms with Gasteiger partial charge in [-0.25, -0.2) is 4.98 Å². The van der Waals surface area contributed by atoms with Gasteiger partial charge in [0.25, 0.3) is 0 Å². The average molecular weight is 552 g/mol. The van der Waals surface area contributed by atoms with E-state index in [1.807, 2.05) is 17.5 Å². The molecule has 1 aromatic rings. The molecule has 0 aliphatic heterocycles. The maximum absolute atomic E-state index is 11.3. The SMILES string of the molecule is C=C1/C(=C\C=C2/CCC[C@]3(C)[C@@H]([C@H](C)/C=C/[C@H](O)C4(c5ncc(CCCC)s5)CC4)CC[C@@H]23)C[C@@H](O)C[C@@H]1O. The number of aliphatic hydroxyl groups excluding tert-OH is 3. The summed E-state index contributed by atoms with van der Waals surface area (Å²) in [5, 5.41) is 32.8. The topological polar surface area (TPSA) is 73.6 Å². The normalized spacial score (nSPS) is 36.0. The molecule has 7 atom stereocenters. The Hall–Kier alpha value is -1.53. The summed E-state index contributed by atoms with van der Waals surface area (Å²) in [5.41, 5.74) is 3.39. The number of aliphatic hydroxyl groups is 3. The predicted octanol–water partition coefficient (Wildman–Crippen LogP) is 7.21. The first kappa shape index (κ1) is 29.0. The highest BCUT2D eigenvalue weighted by molar-refractivity contribution is 7.11. The Kier molecular flexibility index (Phi) is 8.74. The van der Waals surface area contributed by atoms with Crippen molar-refractivity contribution >= 4 is 11.3 Å². The van der Waals surface area contributed by atoms with Crippen LogP contribution in [0.5, 0.6) is 0 Å². The number of aryl methyl sites for hydroxylation is 1. The van der Waals surface area contributed by atoms with Crippen LogP contribution in [-0.4, -0.2) is 38.6 Å². The standard InChI is InChI=1S/C34H49NO3S/c1-5-6-9-27-21-35-32(39-27)34(17-18-34)31(38)15-10-22(2)28-13-14-29-24(8-7-16-33(28,29)4)11-12-25-19-26(36)20-30(37)23(25)3/h10-12,15,21-22,26,28-31,36-38H,3,5-9,13-14,16-20H2,1-2,4H3/b15-10+,24-11+,25-12-/t22-,26-,28-,29+,30+,31+,33-/m1/s1. The Bertz CT molecular complexity index is 1130. The number of rotatable bonds is 9. The van der Waals surface area contributed by atoms with Gasteiger partial charge in [0.2, 0.25) is 0 Å². The number of fused-ring (bicyclic) bond motifs is 1. The number of hydrogen-bond acceptors (Lipinski definition) is 5. The summed E-state index contributed by atoms with van der Waals surface area (Å²) in [6.45, 7) is 11.2. The third-order valence-corrected chi connectivity index (χ3v) is 11.9. The third kappa shape index (κ3) is 5.80. The number of nitrogens with zero attached hydrogens (tertiary/aromatic N) is 1. The average Bonchev–Trinajstić information content (AvgIpc) is 3.44. The van der Waals surface area contributed by atoms with E-state index in [1.54, 1.807) is 0 Å². The lowest BCUT2D eigenvalue weighted by atomic mass is 9.61. The molecule has 4 saturated carbocycles. The van der Waals surface area contributed by atoms with Crippen LogP contribution in [0.2, 0.25) is 0 Å². The van der Waals surface area contributed by atoms with Crippen LogP contribution in [0.25, 0.3) is 0 Å². The van der Waals surface area contributed by atoms with Crippen LogP contribution in [-0.2, 0) is 11.8 Å². The van der Waals surface area contributed by atoms with Gasteiger partial charge in [-0.1, -0.05) is 63.6 Å². The zero-order valence-corrected chi connectivity index (χ0v) is 25.1. The van der Waals surface area contributed by atoms with Crippen molar-refractivity contribution in [1.82, 2.24) is 4.98 Å². The van der Waals surface area contributed by atoms with Crippen molar-refractivity contribution in [2.45, 2.75) is 122 Å². The maximum atomic E-state index is 11.3. The summed E-state index contributed by atoms with van der Waals surface area (Å²) in [5.74, 6) is 1.60. The van der Waals surface area contributed by atoms with Crippen molar-refractivity contribution < 1.29 is 15.3 Å². The van der Waals surface area contributed by atoms with E-state index in [9.17, 15) is 15.3 Å². The molecule has 214 valence electrons. The molecule has 0 saturated heterocycles. The van der Waals surface area contributed by atoms with E-state index in [4.69, 9.17) is 4.98 Å². The van der Waals surface area contributed by atoms with Gasteiger partial charge in [0.05, 0.1) is 23.7 Å². The van der Waals surface area contributed by atoms with E-state index in [-0.39, 0.29) is 10.8 Å². The third-order valence-electron chi connectivity index (χ3n) is 10.6. The van der Waals surface area contributed by atoms with Gasteiger partial charge < -0.3 is 15.3 Å². The first-order chi connectivity index (χ1) is 18.7. The van der Waals surface area contributed by atoms with Crippen molar-refractivity contribution in [3.8, 4) is 0 Å². The second kappa shape index (κ2) is 11.8. The molecule has 4 aliphatic rings. The molecular formula is C34H49NO3S. The molecular weight excluding hydrogens is 502 g/mol. The Morgan fingerprint density at radius 2 is 1.97 bits per heavy atom. The first-order valence-electron chi connectivity index (χ1n) is 15.4. The van der Waals surface area contributed by atoms with Crippen molar-refractivity contribution in [3.05, 3.63) is 63.7 Å². The summed E-state index contributed by atoms with van der Waals surface area (Å²) in [6.07, 6.45) is 21.8. The molecule has 1 aromatic heterocycles. The lowest BCUT2D eigenvalue weighted by molar-refractivity contribution is 0.0862. The molecule has 39 heavy (non-hydrogen) atoms. The number of aromatic nitrogens is 1. The van der Waals surface area contributed by atoms with Gasteiger partial charge >= 0.3 is 0 Å². The predicted molar refractivity (Wildman–Crippen MR) is 161 cm³/mol. The highest BCUT2D eigenvalue weighted by Gasteiger charge is 2.53. The lowest BCUT2D eigenvalue weighted by Gasteiger charge is -2.44. The zero-order chi connectivity index (χ0) is 27.8. The van der Waals surface area contributed by atoms with Gasteiger partial charge in [-0.15, -0.1) is 11.3 Å². The monoisotopic (exact) mass is 551 g/mol. The Morgan fingerprint density at radius 3 is 2.72 bits per heavy atom. The summed E-state index contributed by atoms with van der Waals surface area (Å²) in [4.78, 5) is 6.10. The molecule has 0 radical (unpaired) electrons. The van der Waals surface area contributed by atoms with Crippen molar-refractivity contribution in [1.29, 1.82) is 0 Å². The Labute approximate surface area is 239 Å². The van der Waals surface area contributed by atoms with E-state index in [0.29, 0.717) is 30.6 Å². The molecule has 0 spiro atoms. The number of allylic oxidation sites excluding steroid dienone is 4. The van der Waals surface area contributed by atoms with Gasteiger partial charge in [-0.3, -0.25) is 0 Å². The van der Waals surface area contributed by atoms with Crippen LogP contribution < -0.4 is 0 Å². The molecule has 0 amide bonds. The highest BCUT2D eigenvalue weighted by Crippen LogP contribution is 2.60. The van der Waals surface area contributed by atoms with Gasteiger partial charge in [-0.05, 0) is 98.5 Å². The molecule has 0 unspecified atom stereocenters. The van der Waals surface area contributed by atoms with Gasteiger partial charge in [-0.2, -0.15) is 0 Å².